The summed E-state index contributed by atoms with van der Waals surface area (Å²) in [6, 6.07) is 7.59. The van der Waals surface area contributed by atoms with Crippen molar-refractivity contribution in [2.75, 3.05) is 11.1 Å². The molecule has 2 aromatic rings. The number of carbonyl (C=O) groups is 1. The van der Waals surface area contributed by atoms with Gasteiger partial charge in [-0.25, -0.2) is 0 Å². The van der Waals surface area contributed by atoms with Gasteiger partial charge in [-0.05, 0) is 44.0 Å². The molecule has 3 nitrogen and oxygen atoms in total. The van der Waals surface area contributed by atoms with E-state index in [1.165, 1.54) is 11.3 Å². The number of amides is 1. The molecular weight excluding hydrogens is 244 g/mol. The highest BCUT2D eigenvalue weighted by Crippen LogP contribution is 2.25. The van der Waals surface area contributed by atoms with Crippen molar-refractivity contribution in [3.63, 3.8) is 0 Å². The summed E-state index contributed by atoms with van der Waals surface area (Å²) in [5.41, 5.74) is 9.53. The van der Waals surface area contributed by atoms with E-state index in [0.717, 1.165) is 21.7 Å². The molecule has 1 aromatic carbocycles. The summed E-state index contributed by atoms with van der Waals surface area (Å²) in [6.07, 6.45) is 0. The molecule has 0 aliphatic carbocycles. The SMILES string of the molecule is Cc1cccc(NC(=O)c2cc(N)c(C)s2)c1C. The summed E-state index contributed by atoms with van der Waals surface area (Å²) < 4.78 is 0. The van der Waals surface area contributed by atoms with Crippen LogP contribution in [-0.4, -0.2) is 5.91 Å². The highest BCUT2D eigenvalue weighted by molar-refractivity contribution is 7.14. The lowest BCUT2D eigenvalue weighted by molar-refractivity contribution is 0.103. The number of benzene rings is 1. The third-order valence-corrected chi connectivity index (χ3v) is 4.10. The van der Waals surface area contributed by atoms with E-state index in [2.05, 4.69) is 5.32 Å². The van der Waals surface area contributed by atoms with E-state index < -0.39 is 0 Å². The number of anilines is 2. The van der Waals surface area contributed by atoms with Crippen LogP contribution in [0.5, 0.6) is 0 Å². The third-order valence-electron chi connectivity index (χ3n) is 3.03. The van der Waals surface area contributed by atoms with Crippen LogP contribution in [-0.2, 0) is 0 Å². The first-order valence-electron chi connectivity index (χ1n) is 5.72. The van der Waals surface area contributed by atoms with Crippen molar-refractivity contribution >= 4 is 28.6 Å². The maximum atomic E-state index is 12.1. The standard InChI is InChI=1S/C14H16N2OS/c1-8-5-4-6-12(9(8)2)16-14(17)13-7-11(15)10(3)18-13/h4-7H,15H2,1-3H3,(H,16,17). The maximum Gasteiger partial charge on any atom is 0.265 e. The Morgan fingerprint density at radius 3 is 2.61 bits per heavy atom. The average Bonchev–Trinajstić information content (AvgIpc) is 2.66. The molecule has 0 spiro atoms. The number of nitrogen functional groups attached to an aromatic ring is 1. The van der Waals surface area contributed by atoms with Crippen LogP contribution in [0.15, 0.2) is 24.3 Å². The summed E-state index contributed by atoms with van der Waals surface area (Å²) >= 11 is 1.41. The molecule has 1 amide bonds. The van der Waals surface area contributed by atoms with Gasteiger partial charge in [0, 0.05) is 16.3 Å². The first-order chi connectivity index (χ1) is 8.49. The molecule has 0 unspecified atom stereocenters. The lowest BCUT2D eigenvalue weighted by Crippen LogP contribution is -2.11. The van der Waals surface area contributed by atoms with Crippen LogP contribution < -0.4 is 11.1 Å². The van der Waals surface area contributed by atoms with Crippen molar-refractivity contribution in [2.45, 2.75) is 20.8 Å². The number of aryl methyl sites for hydroxylation is 2. The second-order valence-electron chi connectivity index (χ2n) is 4.32. The van der Waals surface area contributed by atoms with E-state index in [-0.39, 0.29) is 5.91 Å². The Labute approximate surface area is 111 Å². The van der Waals surface area contributed by atoms with Crippen molar-refractivity contribution in [3.8, 4) is 0 Å². The Morgan fingerprint density at radius 2 is 2.00 bits per heavy atom. The van der Waals surface area contributed by atoms with Crippen LogP contribution in [0.3, 0.4) is 0 Å². The fraction of sp³-hybridized carbons (Fsp3) is 0.214. The zero-order valence-electron chi connectivity index (χ0n) is 10.7. The smallest absolute Gasteiger partial charge is 0.265 e. The van der Waals surface area contributed by atoms with Crippen molar-refractivity contribution in [3.05, 3.63) is 45.1 Å². The van der Waals surface area contributed by atoms with Crippen LogP contribution in [0.25, 0.3) is 0 Å². The molecule has 1 heterocycles. The van der Waals surface area contributed by atoms with Gasteiger partial charge in [0.05, 0.1) is 4.88 Å². The van der Waals surface area contributed by atoms with Crippen molar-refractivity contribution in [2.24, 2.45) is 0 Å². The average molecular weight is 260 g/mol. The molecular formula is C14H16N2OS. The maximum absolute atomic E-state index is 12.1. The molecule has 0 saturated carbocycles. The van der Waals surface area contributed by atoms with Crippen molar-refractivity contribution in [1.29, 1.82) is 0 Å². The molecule has 4 heteroatoms. The van der Waals surface area contributed by atoms with Gasteiger partial charge in [-0.1, -0.05) is 12.1 Å². The summed E-state index contributed by atoms with van der Waals surface area (Å²) in [6.45, 7) is 5.94. The van der Waals surface area contributed by atoms with Gasteiger partial charge in [-0.3, -0.25) is 4.79 Å². The summed E-state index contributed by atoms with van der Waals surface area (Å²) in [4.78, 5) is 13.7. The van der Waals surface area contributed by atoms with Gasteiger partial charge in [0.25, 0.3) is 5.91 Å². The molecule has 1 aromatic heterocycles. The lowest BCUT2D eigenvalue weighted by Gasteiger charge is -2.09. The van der Waals surface area contributed by atoms with E-state index in [0.29, 0.717) is 10.6 Å². The van der Waals surface area contributed by atoms with Crippen LogP contribution in [0.1, 0.15) is 25.7 Å². The Morgan fingerprint density at radius 1 is 1.28 bits per heavy atom. The topological polar surface area (TPSA) is 55.1 Å². The van der Waals surface area contributed by atoms with Gasteiger partial charge in [-0.2, -0.15) is 0 Å². The van der Waals surface area contributed by atoms with Gasteiger partial charge in [0.15, 0.2) is 0 Å². The van der Waals surface area contributed by atoms with Crippen LogP contribution in [0, 0.1) is 20.8 Å². The van der Waals surface area contributed by atoms with E-state index >= 15 is 0 Å². The van der Waals surface area contributed by atoms with Gasteiger partial charge in [-0.15, -0.1) is 11.3 Å². The van der Waals surface area contributed by atoms with E-state index in [9.17, 15) is 4.79 Å². The van der Waals surface area contributed by atoms with Crippen LogP contribution >= 0.6 is 11.3 Å². The largest absolute Gasteiger partial charge is 0.398 e. The van der Waals surface area contributed by atoms with Gasteiger partial charge < -0.3 is 11.1 Å². The highest BCUT2D eigenvalue weighted by atomic mass is 32.1. The molecule has 0 bridgehead atoms. The second-order valence-corrected chi connectivity index (χ2v) is 5.58. The van der Waals surface area contributed by atoms with Gasteiger partial charge in [0.1, 0.15) is 0 Å². The first-order valence-corrected chi connectivity index (χ1v) is 6.54. The first kappa shape index (κ1) is 12.6. The fourth-order valence-corrected chi connectivity index (χ4v) is 2.51. The summed E-state index contributed by atoms with van der Waals surface area (Å²) in [5, 5.41) is 2.92. The summed E-state index contributed by atoms with van der Waals surface area (Å²) in [7, 11) is 0. The predicted octanol–water partition coefficient (Wildman–Crippen LogP) is 3.51. The molecule has 2 rings (SSSR count). The third kappa shape index (κ3) is 2.38. The van der Waals surface area contributed by atoms with Crippen molar-refractivity contribution in [1.82, 2.24) is 0 Å². The number of nitrogens with two attached hydrogens (primary N) is 1. The van der Waals surface area contributed by atoms with Gasteiger partial charge >= 0.3 is 0 Å². The Hall–Kier alpha value is -1.81. The molecule has 3 N–H and O–H groups in total. The van der Waals surface area contributed by atoms with E-state index in [4.69, 9.17) is 5.73 Å². The molecule has 18 heavy (non-hydrogen) atoms. The highest BCUT2D eigenvalue weighted by Gasteiger charge is 2.12. The Bertz CT molecular complexity index is 582. The Kier molecular flexibility index (Phi) is 3.39. The number of nitrogens with one attached hydrogen (secondary N) is 1. The number of thiophene rings is 1. The zero-order chi connectivity index (χ0) is 13.3. The monoisotopic (exact) mass is 260 g/mol. The normalized spacial score (nSPS) is 10.4. The van der Waals surface area contributed by atoms with E-state index in [1.54, 1.807) is 6.07 Å². The minimum absolute atomic E-state index is 0.103. The molecule has 0 aliphatic heterocycles. The number of carbonyl (C=O) groups excluding carboxylic acids is 1. The summed E-state index contributed by atoms with van der Waals surface area (Å²) in [5.74, 6) is -0.103. The predicted molar refractivity (Wildman–Crippen MR) is 77.3 cm³/mol. The lowest BCUT2D eigenvalue weighted by atomic mass is 10.1. The minimum atomic E-state index is -0.103. The minimum Gasteiger partial charge on any atom is -0.398 e. The molecule has 94 valence electrons. The molecule has 0 fully saturated rings. The van der Waals surface area contributed by atoms with Gasteiger partial charge in [0.2, 0.25) is 0 Å². The molecule has 0 radical (unpaired) electrons. The molecule has 0 saturated heterocycles. The molecule has 0 atom stereocenters. The van der Waals surface area contributed by atoms with Crippen LogP contribution in [0.4, 0.5) is 11.4 Å². The molecule has 0 aliphatic rings. The number of rotatable bonds is 2. The quantitative estimate of drug-likeness (QED) is 0.868. The van der Waals surface area contributed by atoms with E-state index in [1.807, 2.05) is 39.0 Å². The number of hydrogen-bond donors (Lipinski definition) is 2. The van der Waals surface area contributed by atoms with Crippen LogP contribution in [0.2, 0.25) is 0 Å². The van der Waals surface area contributed by atoms with Crippen molar-refractivity contribution < 1.29 is 4.79 Å². The number of hydrogen-bond acceptors (Lipinski definition) is 3. The second kappa shape index (κ2) is 4.82. The Balaban J connectivity index is 2.24. The fourth-order valence-electron chi connectivity index (χ4n) is 1.68. The zero-order valence-corrected chi connectivity index (χ0v) is 11.5.